The highest BCUT2D eigenvalue weighted by Gasteiger charge is 2.22. The van der Waals surface area contributed by atoms with Crippen LogP contribution in [0, 0.1) is 5.92 Å². The summed E-state index contributed by atoms with van der Waals surface area (Å²) >= 11 is 10.3. The Morgan fingerprint density at radius 2 is 1.71 bits per heavy atom. The van der Waals surface area contributed by atoms with E-state index in [9.17, 15) is 0 Å². The van der Waals surface area contributed by atoms with Crippen molar-refractivity contribution in [2.24, 2.45) is 5.92 Å². The van der Waals surface area contributed by atoms with Crippen molar-refractivity contribution in [3.63, 3.8) is 0 Å². The second-order valence-electron chi connectivity index (χ2n) is 6.08. The smallest absolute Gasteiger partial charge is 0.162 e. The monoisotopic (exact) mass is 372 g/mol. The van der Waals surface area contributed by atoms with Crippen LogP contribution in [0.5, 0.6) is 11.5 Å². The van der Waals surface area contributed by atoms with Crippen LogP contribution >= 0.6 is 27.5 Å². The van der Waals surface area contributed by atoms with Gasteiger partial charge in [-0.15, -0.1) is 0 Å². The molecular formula is C17H22BrClO2. The van der Waals surface area contributed by atoms with Gasteiger partial charge in [-0.25, -0.2) is 0 Å². The molecule has 0 spiro atoms. The molecule has 1 aromatic rings. The Bertz CT molecular complexity index is 486. The molecule has 1 heterocycles. The van der Waals surface area contributed by atoms with Gasteiger partial charge in [-0.2, -0.15) is 0 Å². The Kier molecular flexibility index (Phi) is 5.33. The van der Waals surface area contributed by atoms with Crippen LogP contribution in [0.15, 0.2) is 12.1 Å². The van der Waals surface area contributed by atoms with Gasteiger partial charge in [0.15, 0.2) is 11.5 Å². The summed E-state index contributed by atoms with van der Waals surface area (Å²) in [5, 5.41) is 0.775. The zero-order chi connectivity index (χ0) is 14.7. The standard InChI is InChI=1S/C17H22BrClO2/c18-14(9-12-5-2-1-3-6-12)13-10-16-17(11-15(13)19)21-8-4-7-20-16/h10-12,14H,1-9H2. The van der Waals surface area contributed by atoms with E-state index < -0.39 is 0 Å². The molecule has 1 aliphatic heterocycles. The highest BCUT2D eigenvalue weighted by Crippen LogP contribution is 2.43. The van der Waals surface area contributed by atoms with Crippen LogP contribution in [0.3, 0.4) is 0 Å². The Morgan fingerprint density at radius 1 is 1.05 bits per heavy atom. The second-order valence-corrected chi connectivity index (χ2v) is 7.59. The summed E-state index contributed by atoms with van der Waals surface area (Å²) in [5.41, 5.74) is 1.13. The lowest BCUT2D eigenvalue weighted by Crippen LogP contribution is -2.09. The average molecular weight is 374 g/mol. The molecule has 2 aliphatic rings. The third kappa shape index (κ3) is 3.87. The number of alkyl halides is 1. The van der Waals surface area contributed by atoms with Crippen LogP contribution in [-0.4, -0.2) is 13.2 Å². The summed E-state index contributed by atoms with van der Waals surface area (Å²) in [5.74, 6) is 2.42. The number of ether oxygens (including phenoxy) is 2. The van der Waals surface area contributed by atoms with Crippen LogP contribution < -0.4 is 9.47 Å². The number of benzene rings is 1. The first-order valence-corrected chi connectivity index (χ1v) is 9.26. The molecule has 0 N–H and O–H groups in total. The van der Waals surface area contributed by atoms with Crippen molar-refractivity contribution < 1.29 is 9.47 Å². The molecule has 2 nitrogen and oxygen atoms in total. The maximum absolute atomic E-state index is 6.46. The third-order valence-electron chi connectivity index (χ3n) is 4.47. The van der Waals surface area contributed by atoms with Crippen molar-refractivity contribution >= 4 is 27.5 Å². The van der Waals surface area contributed by atoms with E-state index in [2.05, 4.69) is 22.0 Å². The Hall–Kier alpha value is -0.410. The molecule has 4 heteroatoms. The van der Waals surface area contributed by atoms with Gasteiger partial charge < -0.3 is 9.47 Å². The molecule has 0 bridgehead atoms. The molecule has 1 saturated carbocycles. The van der Waals surface area contributed by atoms with Gasteiger partial charge >= 0.3 is 0 Å². The minimum absolute atomic E-state index is 0.297. The van der Waals surface area contributed by atoms with Crippen LogP contribution in [-0.2, 0) is 0 Å². The summed E-state index contributed by atoms with van der Waals surface area (Å²) in [6, 6.07) is 3.97. The van der Waals surface area contributed by atoms with E-state index in [4.69, 9.17) is 21.1 Å². The maximum atomic E-state index is 6.46. The second kappa shape index (κ2) is 7.23. The molecule has 0 radical (unpaired) electrons. The van der Waals surface area contributed by atoms with E-state index in [1.54, 1.807) is 0 Å². The predicted molar refractivity (Wildman–Crippen MR) is 89.9 cm³/mol. The first kappa shape index (κ1) is 15.5. The van der Waals surface area contributed by atoms with Gasteiger partial charge in [-0.3, -0.25) is 0 Å². The number of fused-ring (bicyclic) bond motifs is 1. The van der Waals surface area contributed by atoms with E-state index in [0.717, 1.165) is 40.8 Å². The van der Waals surface area contributed by atoms with Crippen molar-refractivity contribution in [2.75, 3.05) is 13.2 Å². The Labute approximate surface area is 140 Å². The first-order valence-electron chi connectivity index (χ1n) is 7.97. The highest BCUT2D eigenvalue weighted by atomic mass is 79.9. The molecule has 1 aromatic carbocycles. The molecule has 0 aromatic heterocycles. The topological polar surface area (TPSA) is 18.5 Å². The molecule has 0 saturated heterocycles. The van der Waals surface area contributed by atoms with Crippen LogP contribution in [0.2, 0.25) is 5.02 Å². The van der Waals surface area contributed by atoms with Crippen LogP contribution in [0.25, 0.3) is 0 Å². The van der Waals surface area contributed by atoms with Crippen molar-refractivity contribution in [3.05, 3.63) is 22.7 Å². The summed E-state index contributed by atoms with van der Waals surface area (Å²) in [6.45, 7) is 1.41. The number of halogens is 2. The van der Waals surface area contributed by atoms with Crippen molar-refractivity contribution in [1.29, 1.82) is 0 Å². The van der Waals surface area contributed by atoms with E-state index in [-0.39, 0.29) is 0 Å². The summed E-state index contributed by atoms with van der Waals surface area (Å²) in [7, 11) is 0. The van der Waals surface area contributed by atoms with Gasteiger partial charge in [0.2, 0.25) is 0 Å². The van der Waals surface area contributed by atoms with E-state index in [1.807, 2.05) is 6.07 Å². The number of rotatable bonds is 3. The number of hydrogen-bond donors (Lipinski definition) is 0. The molecule has 0 amide bonds. The SMILES string of the molecule is Clc1cc2c(cc1C(Br)CC1CCCCC1)OCCCO2. The molecule has 3 rings (SSSR count). The first-order chi connectivity index (χ1) is 10.2. The van der Waals surface area contributed by atoms with Crippen LogP contribution in [0.4, 0.5) is 0 Å². The highest BCUT2D eigenvalue weighted by molar-refractivity contribution is 9.09. The van der Waals surface area contributed by atoms with Gasteiger partial charge in [-0.1, -0.05) is 59.6 Å². The predicted octanol–water partition coefficient (Wildman–Crippen LogP) is 5.91. The normalized spacial score (nSPS) is 20.9. The molecule has 1 unspecified atom stereocenters. The van der Waals surface area contributed by atoms with E-state index in [0.29, 0.717) is 18.0 Å². The maximum Gasteiger partial charge on any atom is 0.162 e. The van der Waals surface area contributed by atoms with Gasteiger partial charge in [0.05, 0.1) is 13.2 Å². The minimum atomic E-state index is 0.297. The van der Waals surface area contributed by atoms with E-state index >= 15 is 0 Å². The lowest BCUT2D eigenvalue weighted by atomic mass is 9.85. The third-order valence-corrected chi connectivity index (χ3v) is 5.66. The van der Waals surface area contributed by atoms with Gasteiger partial charge in [-0.05, 0) is 24.0 Å². The molecule has 116 valence electrons. The summed E-state index contributed by atoms with van der Waals surface area (Å²) in [4.78, 5) is 0.297. The summed E-state index contributed by atoms with van der Waals surface area (Å²) < 4.78 is 11.5. The van der Waals surface area contributed by atoms with Gasteiger partial charge in [0.25, 0.3) is 0 Å². The molecular weight excluding hydrogens is 352 g/mol. The van der Waals surface area contributed by atoms with Crippen molar-refractivity contribution in [3.8, 4) is 11.5 Å². The van der Waals surface area contributed by atoms with Crippen molar-refractivity contribution in [2.45, 2.75) is 49.8 Å². The molecule has 21 heavy (non-hydrogen) atoms. The zero-order valence-corrected chi connectivity index (χ0v) is 14.6. The largest absolute Gasteiger partial charge is 0.490 e. The van der Waals surface area contributed by atoms with Crippen LogP contribution in [0.1, 0.15) is 55.3 Å². The summed E-state index contributed by atoms with van der Waals surface area (Å²) in [6.07, 6.45) is 8.92. The Morgan fingerprint density at radius 3 is 2.43 bits per heavy atom. The van der Waals surface area contributed by atoms with Gasteiger partial charge in [0, 0.05) is 22.3 Å². The quantitative estimate of drug-likeness (QED) is 0.613. The van der Waals surface area contributed by atoms with E-state index in [1.165, 1.54) is 32.1 Å². The minimum Gasteiger partial charge on any atom is -0.490 e. The zero-order valence-electron chi connectivity index (χ0n) is 12.2. The van der Waals surface area contributed by atoms with Crippen molar-refractivity contribution in [1.82, 2.24) is 0 Å². The molecule has 1 atom stereocenters. The lowest BCUT2D eigenvalue weighted by molar-refractivity contribution is 0.297. The fourth-order valence-electron chi connectivity index (χ4n) is 3.28. The molecule has 1 fully saturated rings. The lowest BCUT2D eigenvalue weighted by Gasteiger charge is -2.24. The number of hydrogen-bond acceptors (Lipinski definition) is 2. The average Bonchev–Trinajstić information content (AvgIpc) is 2.72. The van der Waals surface area contributed by atoms with Gasteiger partial charge in [0.1, 0.15) is 0 Å². The fraction of sp³-hybridized carbons (Fsp3) is 0.647. The Balaban J connectivity index is 1.75. The fourth-order valence-corrected chi connectivity index (χ4v) is 4.61. The molecule has 1 aliphatic carbocycles.